The van der Waals surface area contributed by atoms with Gasteiger partial charge in [0.15, 0.2) is 30.5 Å². The zero-order valence-electron chi connectivity index (χ0n) is 43.9. The highest BCUT2D eigenvalue weighted by Gasteiger charge is 2.40. The molecular formula is C44H56O45. The molecule has 2 rings (SSSR count). The number of aromatic hydroxyl groups is 2. The summed E-state index contributed by atoms with van der Waals surface area (Å²) in [5.74, 6) is -21.8. The third-order valence-corrected chi connectivity index (χ3v) is 9.02. The van der Waals surface area contributed by atoms with Gasteiger partial charge in [0.1, 0.15) is 55.2 Å². The first kappa shape index (κ1) is 87.3. The minimum absolute atomic E-state index is 0.0737. The van der Waals surface area contributed by atoms with E-state index in [4.69, 9.17) is 143 Å². The number of aliphatic carboxylic acids is 8. The Morgan fingerprint density at radius 3 is 1.00 bits per heavy atom. The Bertz CT molecular complexity index is 2630. The van der Waals surface area contributed by atoms with E-state index >= 15 is 0 Å². The molecule has 0 saturated heterocycles. The number of phenols is 2. The largest absolute Gasteiger partial charge is 0.508 e. The van der Waals surface area contributed by atoms with Crippen LogP contribution < -0.4 is 0 Å². The molecule has 4 unspecified atom stereocenters. The summed E-state index contributed by atoms with van der Waals surface area (Å²) in [6.45, 7) is -1.92. The van der Waals surface area contributed by atoms with Gasteiger partial charge in [0.05, 0.1) is 53.4 Å². The van der Waals surface area contributed by atoms with Crippen LogP contribution in [0.1, 0.15) is 64.6 Å². The van der Waals surface area contributed by atoms with E-state index in [-0.39, 0.29) is 36.4 Å². The molecule has 0 aliphatic heterocycles. The minimum atomic E-state index is -2.56. The molecule has 0 aliphatic rings. The van der Waals surface area contributed by atoms with Crippen molar-refractivity contribution in [2.24, 2.45) is 0 Å². The maximum atomic E-state index is 10.8. The Kier molecular flexibility index (Phi) is 42.4. The summed E-state index contributed by atoms with van der Waals surface area (Å²) in [6.07, 6.45) is -24.2. The van der Waals surface area contributed by atoms with Crippen LogP contribution in [0.2, 0.25) is 0 Å². The van der Waals surface area contributed by atoms with Crippen LogP contribution in [0.4, 0.5) is 0 Å². The van der Waals surface area contributed by atoms with E-state index in [2.05, 4.69) is 9.47 Å². The van der Waals surface area contributed by atoms with Crippen molar-refractivity contribution in [1.82, 2.24) is 0 Å². The normalized spacial score (nSPS) is 14.4. The van der Waals surface area contributed by atoms with Crippen molar-refractivity contribution < 1.29 is 224 Å². The molecule has 45 nitrogen and oxygen atoms in total. The van der Waals surface area contributed by atoms with Crippen molar-refractivity contribution in [2.75, 3.05) is 19.8 Å². The van der Waals surface area contributed by atoms with E-state index in [1.165, 1.54) is 0 Å². The molecule has 0 fully saturated rings. The Morgan fingerprint density at radius 1 is 0.427 bits per heavy atom. The first-order chi connectivity index (χ1) is 40.6. The molecule has 89 heavy (non-hydrogen) atoms. The number of carboxylic acid groups (broad SMARTS) is 13. The molecule has 0 radical (unpaired) electrons. The molecule has 45 heteroatoms. The molecule has 0 aliphatic carbocycles. The SMILES string of the molecule is O=C(O)C(O)C(O)C(=O)O.O=C(O)[C@@H](O)[C@H](O)[C@H](O)[C@@H](O)C(=O)O.O=C(O)[C@H](O)[C@@H](O)[C@H](O)[C@H](O)CO.O=C(O)c1cc(O)cc(C(=O)O)c1.O=C(O)c1cc(O)cc(C(=O)O)c1C(=O)O.O=COCC(O)(CC(=O)O)C(=O)O.O=COCC(O)CC(=O)O. The molecule has 12 atom stereocenters. The molecule has 0 aromatic heterocycles. The van der Waals surface area contributed by atoms with E-state index in [9.17, 15) is 71.9 Å². The third-order valence-electron chi connectivity index (χ3n) is 9.02. The van der Waals surface area contributed by atoms with Crippen molar-refractivity contribution >= 4 is 90.5 Å². The highest BCUT2D eigenvalue weighted by molar-refractivity contribution is 6.09. The minimum Gasteiger partial charge on any atom is -0.508 e. The summed E-state index contributed by atoms with van der Waals surface area (Å²) in [4.78, 5) is 152. The number of carboxylic acids is 13. The Hall–Kier alpha value is -10.4. The van der Waals surface area contributed by atoms with Crippen molar-refractivity contribution in [3.8, 4) is 11.5 Å². The van der Waals surface area contributed by atoms with Crippen molar-refractivity contribution in [1.29, 1.82) is 0 Å². The Balaban J connectivity index is -0.000000310. The molecule has 0 spiro atoms. The predicted octanol–water partition coefficient (Wildman–Crippen LogP) is -10.3. The van der Waals surface area contributed by atoms with Crippen LogP contribution in [0.25, 0.3) is 0 Å². The number of aliphatic hydroxyl groups is 13. The van der Waals surface area contributed by atoms with Gasteiger partial charge in [-0.1, -0.05) is 0 Å². The molecule has 0 bridgehead atoms. The van der Waals surface area contributed by atoms with Gasteiger partial charge in [0.2, 0.25) is 5.60 Å². The molecular weight excluding hydrogens is 1250 g/mol. The fourth-order valence-corrected chi connectivity index (χ4v) is 4.68. The van der Waals surface area contributed by atoms with Crippen LogP contribution in [0.5, 0.6) is 11.5 Å². The number of ether oxygens (including phenoxy) is 2. The summed E-state index contributed by atoms with van der Waals surface area (Å²) in [5, 5.41) is 239. The molecule has 0 amide bonds. The average molecular weight is 1300 g/mol. The second kappa shape index (κ2) is 43.2. The van der Waals surface area contributed by atoms with Crippen LogP contribution in [0.3, 0.4) is 0 Å². The van der Waals surface area contributed by atoms with Gasteiger partial charge in [-0.15, -0.1) is 0 Å². The van der Waals surface area contributed by atoms with Crippen molar-refractivity contribution in [2.45, 2.75) is 85.6 Å². The van der Waals surface area contributed by atoms with Gasteiger partial charge in [-0.2, -0.15) is 0 Å². The number of hydrogen-bond acceptors (Lipinski definition) is 32. The highest BCUT2D eigenvalue weighted by Crippen LogP contribution is 2.23. The second-order valence-electron chi connectivity index (χ2n) is 15.8. The molecule has 0 heterocycles. The van der Waals surface area contributed by atoms with Gasteiger partial charge in [0, 0.05) is 0 Å². The summed E-state index contributed by atoms with van der Waals surface area (Å²) in [6, 6.07) is 4.30. The number of benzene rings is 2. The monoisotopic (exact) mass is 1300 g/mol. The lowest BCUT2D eigenvalue weighted by atomic mass is 10.0. The maximum absolute atomic E-state index is 10.8. The highest BCUT2D eigenvalue weighted by atomic mass is 16.5. The van der Waals surface area contributed by atoms with E-state index in [0.29, 0.717) is 12.1 Å². The van der Waals surface area contributed by atoms with Crippen molar-refractivity contribution in [3.63, 3.8) is 0 Å². The number of aromatic carboxylic acids is 5. The van der Waals surface area contributed by atoms with Gasteiger partial charge < -0.3 is 152 Å². The van der Waals surface area contributed by atoms with Gasteiger partial charge in [-0.25, -0.2) is 52.7 Å². The fourth-order valence-electron chi connectivity index (χ4n) is 4.68. The number of aliphatic hydroxyl groups excluding tert-OH is 12. The molecule has 502 valence electrons. The zero-order valence-corrected chi connectivity index (χ0v) is 43.9. The fraction of sp³-hybridized carbons (Fsp3) is 0.386. The number of carbonyl (C=O) groups excluding carboxylic acids is 2. The first-order valence-corrected chi connectivity index (χ1v) is 22.2. The van der Waals surface area contributed by atoms with Crippen molar-refractivity contribution in [3.05, 3.63) is 58.1 Å². The number of carbonyl (C=O) groups is 15. The standard InChI is InChI=1S/C9H6O7.C8H6O5.C6H10O8.C6H8O7.C6H12O7.C5H8O5.C4H6O6/c10-3-1-4(7(11)12)6(9(15)16)5(2-3)8(13)14;9-6-2-4(7(10)11)1-5(3-6)8(12)13;7-1(3(9)5(11)12)2(8)4(10)6(13)14;7-3-13-2-6(12,5(10)11)1-4(8)9;7-1-2(8)3(9)4(10)5(11)6(12)13;6-3-10-2-4(7)1-5(8)9;5-1(3(7)8)2(6)4(9)10/h1-2,10H,(H,11,12)(H,13,14)(H,15,16);1-3,9H,(H,10,11)(H,12,13);1-4,7-10H,(H,11,12)(H,13,14);3,12H,1-2H2,(H,8,9)(H,10,11);2-5,7-11H,1H2,(H,12,13);3-4,7H,1-2H2,(H,8,9);1-2,5-6H,(H,7,8)(H,9,10)/t;;1-,2+,3+,4-;;2-,3-,4+,5-;;/m....1../s1. The molecule has 0 saturated carbocycles. The third kappa shape index (κ3) is 35.6. The first-order valence-electron chi connectivity index (χ1n) is 22.2. The maximum Gasteiger partial charge on any atom is 0.339 e. The summed E-state index contributed by atoms with van der Waals surface area (Å²) < 4.78 is 8.09. The van der Waals surface area contributed by atoms with Crippen LogP contribution >= 0.6 is 0 Å². The van der Waals surface area contributed by atoms with Gasteiger partial charge in [-0.05, 0) is 30.3 Å². The lowest BCUT2D eigenvalue weighted by molar-refractivity contribution is -0.172. The molecule has 28 N–H and O–H groups in total. The van der Waals surface area contributed by atoms with E-state index in [1.807, 2.05) is 0 Å². The summed E-state index contributed by atoms with van der Waals surface area (Å²) in [5.41, 5.74) is -5.48. The van der Waals surface area contributed by atoms with E-state index in [0.717, 1.165) is 18.2 Å². The predicted molar refractivity (Wildman–Crippen MR) is 263 cm³/mol. The van der Waals surface area contributed by atoms with Crippen LogP contribution in [0, 0.1) is 0 Å². The molecule has 2 aromatic carbocycles. The van der Waals surface area contributed by atoms with E-state index < -0.39 is 199 Å². The summed E-state index contributed by atoms with van der Waals surface area (Å²) in [7, 11) is 0. The second-order valence-corrected chi connectivity index (χ2v) is 15.8. The van der Waals surface area contributed by atoms with Gasteiger partial charge >= 0.3 is 77.6 Å². The average Bonchev–Trinajstić information content (AvgIpc) is 3.26. The van der Waals surface area contributed by atoms with Crippen LogP contribution in [-0.2, 0) is 57.4 Å². The quantitative estimate of drug-likeness (QED) is 0.0336. The van der Waals surface area contributed by atoms with E-state index in [1.54, 1.807) is 0 Å². The molecule has 2 aromatic rings. The lowest BCUT2D eigenvalue weighted by Crippen LogP contribution is -2.49. The zero-order chi connectivity index (χ0) is 71.3. The lowest BCUT2D eigenvalue weighted by Gasteiger charge is -2.23. The Labute approximate surface area is 489 Å². The Morgan fingerprint density at radius 2 is 0.753 bits per heavy atom. The summed E-state index contributed by atoms with van der Waals surface area (Å²) >= 11 is 0. The van der Waals surface area contributed by atoms with Gasteiger partial charge in [0.25, 0.3) is 12.9 Å². The smallest absolute Gasteiger partial charge is 0.339 e. The number of phenolic OH excluding ortho intramolecular Hbond substituents is 2. The topological polar surface area (TPSA) is 841 Å². The van der Waals surface area contributed by atoms with Crippen LogP contribution in [-0.4, -0.2) is 326 Å². The number of rotatable bonds is 29. The van der Waals surface area contributed by atoms with Gasteiger partial charge in [-0.3, -0.25) is 19.2 Å². The number of hydrogen-bond donors (Lipinski definition) is 28. The van der Waals surface area contributed by atoms with Crippen LogP contribution in [0.15, 0.2) is 30.3 Å².